The van der Waals surface area contributed by atoms with Crippen molar-refractivity contribution < 1.29 is 9.13 Å². The Morgan fingerprint density at radius 2 is 2.41 bits per heavy atom. The van der Waals surface area contributed by atoms with Crippen LogP contribution < -0.4 is 10.1 Å². The minimum atomic E-state index is -0.467. The van der Waals surface area contributed by atoms with Crippen LogP contribution in [0.15, 0.2) is 23.2 Å². The fraction of sp³-hybridized carbons (Fsp3) is 0.273. The Morgan fingerprint density at radius 1 is 1.65 bits per heavy atom. The molecule has 0 aliphatic heterocycles. The predicted molar refractivity (Wildman–Crippen MR) is 66.9 cm³/mol. The van der Waals surface area contributed by atoms with Gasteiger partial charge >= 0.3 is 0 Å². The highest BCUT2D eigenvalue weighted by molar-refractivity contribution is 8.13. The van der Waals surface area contributed by atoms with E-state index in [2.05, 4.69) is 10.3 Å². The smallest absolute Gasteiger partial charge is 0.183 e. The highest BCUT2D eigenvalue weighted by Crippen LogP contribution is 2.23. The van der Waals surface area contributed by atoms with Crippen LogP contribution >= 0.6 is 11.8 Å². The standard InChI is InChI=1S/C11H12FN3OS/c1-3-16-10-5-4-8(6-9(10)12)15-11(17-2)14-7-13/h4-6H,3H2,1-2H3,(H,14,15). The summed E-state index contributed by atoms with van der Waals surface area (Å²) in [5.74, 6) is -0.268. The van der Waals surface area contributed by atoms with Gasteiger partial charge in [-0.05, 0) is 25.3 Å². The van der Waals surface area contributed by atoms with E-state index in [9.17, 15) is 4.39 Å². The lowest BCUT2D eigenvalue weighted by molar-refractivity contribution is 0.321. The molecule has 0 spiro atoms. The molecule has 0 bridgehead atoms. The molecule has 0 fully saturated rings. The van der Waals surface area contributed by atoms with Gasteiger partial charge in [0.05, 0.1) is 12.3 Å². The summed E-state index contributed by atoms with van der Waals surface area (Å²) < 4.78 is 18.6. The number of hydrogen-bond acceptors (Lipinski definition) is 4. The molecular weight excluding hydrogens is 241 g/mol. The van der Waals surface area contributed by atoms with Crippen molar-refractivity contribution in [3.63, 3.8) is 0 Å². The van der Waals surface area contributed by atoms with Crippen LogP contribution in [0, 0.1) is 17.3 Å². The van der Waals surface area contributed by atoms with Crippen molar-refractivity contribution >= 4 is 22.6 Å². The van der Waals surface area contributed by atoms with Gasteiger partial charge in [-0.3, -0.25) is 5.32 Å². The van der Waals surface area contributed by atoms with E-state index in [-0.39, 0.29) is 5.75 Å². The molecule has 0 heterocycles. The number of ether oxygens (including phenoxy) is 1. The monoisotopic (exact) mass is 253 g/mol. The number of thioether (sulfide) groups is 1. The lowest BCUT2D eigenvalue weighted by atomic mass is 10.3. The molecule has 1 N–H and O–H groups in total. The van der Waals surface area contributed by atoms with Crippen molar-refractivity contribution in [2.24, 2.45) is 4.99 Å². The van der Waals surface area contributed by atoms with Gasteiger partial charge in [0.2, 0.25) is 0 Å². The third-order valence-corrected chi connectivity index (χ3v) is 2.38. The van der Waals surface area contributed by atoms with Gasteiger partial charge in [0.25, 0.3) is 0 Å². The first-order valence-corrected chi connectivity index (χ1v) is 6.13. The highest BCUT2D eigenvalue weighted by atomic mass is 32.2. The molecule has 1 aromatic rings. The van der Waals surface area contributed by atoms with E-state index in [4.69, 9.17) is 10.00 Å². The van der Waals surface area contributed by atoms with E-state index in [1.807, 2.05) is 0 Å². The summed E-state index contributed by atoms with van der Waals surface area (Å²) >= 11 is 1.27. The number of nitrogens with one attached hydrogen (secondary N) is 1. The summed E-state index contributed by atoms with van der Waals surface area (Å²) in [5, 5.41) is 11.3. The molecule has 1 aromatic carbocycles. The van der Waals surface area contributed by atoms with E-state index in [0.717, 1.165) is 0 Å². The molecule has 90 valence electrons. The van der Waals surface area contributed by atoms with Crippen molar-refractivity contribution in [3.8, 4) is 11.9 Å². The zero-order chi connectivity index (χ0) is 12.7. The first-order chi connectivity index (χ1) is 8.21. The summed E-state index contributed by atoms with van der Waals surface area (Å²) in [7, 11) is 0. The quantitative estimate of drug-likeness (QED) is 0.389. The molecule has 17 heavy (non-hydrogen) atoms. The van der Waals surface area contributed by atoms with Gasteiger partial charge in [-0.1, -0.05) is 11.8 Å². The lowest BCUT2D eigenvalue weighted by Crippen LogP contribution is -2.12. The van der Waals surface area contributed by atoms with Gasteiger partial charge in [-0.25, -0.2) is 9.38 Å². The fourth-order valence-electron chi connectivity index (χ4n) is 1.12. The molecule has 0 radical (unpaired) electrons. The van der Waals surface area contributed by atoms with Crippen LogP contribution in [0.2, 0.25) is 0 Å². The Labute approximate surface area is 103 Å². The Hall–Kier alpha value is -1.74. The second-order valence-electron chi connectivity index (χ2n) is 2.91. The Morgan fingerprint density at radius 3 is 2.94 bits per heavy atom. The highest BCUT2D eigenvalue weighted by Gasteiger charge is 2.04. The van der Waals surface area contributed by atoms with E-state index in [1.165, 1.54) is 23.9 Å². The van der Waals surface area contributed by atoms with Crippen LogP contribution in [-0.4, -0.2) is 18.0 Å². The molecule has 0 saturated carbocycles. The van der Waals surface area contributed by atoms with E-state index >= 15 is 0 Å². The predicted octanol–water partition coefficient (Wildman–Crippen LogP) is 2.65. The molecule has 0 aliphatic carbocycles. The number of nitrogens with zero attached hydrogens (tertiary/aromatic N) is 2. The Bertz CT molecular complexity index is 457. The summed E-state index contributed by atoms with van der Waals surface area (Å²) in [6, 6.07) is 4.41. The summed E-state index contributed by atoms with van der Waals surface area (Å²) in [4.78, 5) is 4.08. The maximum absolute atomic E-state index is 13.5. The zero-order valence-electron chi connectivity index (χ0n) is 9.53. The minimum Gasteiger partial charge on any atom is -0.491 e. The van der Waals surface area contributed by atoms with Crippen LogP contribution in [0.4, 0.5) is 10.1 Å². The molecule has 0 aliphatic rings. The molecule has 4 nitrogen and oxygen atoms in total. The van der Waals surface area contributed by atoms with Crippen LogP contribution in [-0.2, 0) is 0 Å². The normalized spacial score (nSPS) is 10.8. The van der Waals surface area contributed by atoms with Gasteiger partial charge in [0, 0.05) is 6.07 Å². The second kappa shape index (κ2) is 6.76. The molecular formula is C11H12FN3OS. The molecule has 0 amide bonds. The molecule has 6 heteroatoms. The second-order valence-corrected chi connectivity index (χ2v) is 3.70. The number of benzene rings is 1. The van der Waals surface area contributed by atoms with Crippen LogP contribution in [0.5, 0.6) is 5.75 Å². The zero-order valence-corrected chi connectivity index (χ0v) is 10.3. The number of aliphatic imine (C=N–C) groups is 1. The van der Waals surface area contributed by atoms with Crippen molar-refractivity contribution in [2.45, 2.75) is 6.92 Å². The lowest BCUT2D eigenvalue weighted by Gasteiger charge is -2.05. The SMILES string of the molecule is CCOc1ccc(N=C(NC#N)SC)cc1F. The van der Waals surface area contributed by atoms with E-state index in [0.29, 0.717) is 17.5 Å². The summed E-state index contributed by atoms with van der Waals surface area (Å²) in [6.45, 7) is 2.19. The van der Waals surface area contributed by atoms with Gasteiger partial charge in [0.15, 0.2) is 22.9 Å². The number of amidine groups is 1. The maximum Gasteiger partial charge on any atom is 0.183 e. The van der Waals surface area contributed by atoms with E-state index < -0.39 is 5.82 Å². The Kier molecular flexibility index (Phi) is 5.30. The van der Waals surface area contributed by atoms with Crippen LogP contribution in [0.1, 0.15) is 6.92 Å². The minimum absolute atomic E-state index is 0.199. The maximum atomic E-state index is 13.5. The van der Waals surface area contributed by atoms with Crippen molar-refractivity contribution in [2.75, 3.05) is 12.9 Å². The molecule has 0 aromatic heterocycles. The number of nitriles is 1. The van der Waals surface area contributed by atoms with Crippen LogP contribution in [0.25, 0.3) is 0 Å². The summed E-state index contributed by atoms with van der Waals surface area (Å²) in [5.41, 5.74) is 0.429. The van der Waals surface area contributed by atoms with Crippen molar-refractivity contribution in [3.05, 3.63) is 24.0 Å². The number of hydrogen-bond donors (Lipinski definition) is 1. The number of halogens is 1. The molecule has 0 atom stereocenters. The third-order valence-electron chi connectivity index (χ3n) is 1.80. The van der Waals surface area contributed by atoms with Gasteiger partial charge in [0.1, 0.15) is 0 Å². The van der Waals surface area contributed by atoms with E-state index in [1.54, 1.807) is 25.4 Å². The molecule has 0 unspecified atom stereocenters. The first-order valence-electron chi connectivity index (χ1n) is 4.91. The average molecular weight is 253 g/mol. The third kappa shape index (κ3) is 3.96. The molecule has 1 rings (SSSR count). The Balaban J connectivity index is 2.93. The first kappa shape index (κ1) is 13.3. The molecule has 0 saturated heterocycles. The average Bonchev–Trinajstić information content (AvgIpc) is 2.32. The van der Waals surface area contributed by atoms with Gasteiger partial charge in [-0.15, -0.1) is 0 Å². The topological polar surface area (TPSA) is 57.4 Å². The van der Waals surface area contributed by atoms with Crippen LogP contribution in [0.3, 0.4) is 0 Å². The fourth-order valence-corrected chi connectivity index (χ4v) is 1.47. The van der Waals surface area contributed by atoms with Crippen molar-refractivity contribution in [1.29, 1.82) is 5.26 Å². The largest absolute Gasteiger partial charge is 0.491 e. The van der Waals surface area contributed by atoms with Crippen molar-refractivity contribution in [1.82, 2.24) is 5.32 Å². The number of rotatable bonds is 3. The van der Waals surface area contributed by atoms with Gasteiger partial charge in [-0.2, -0.15) is 5.26 Å². The van der Waals surface area contributed by atoms with Gasteiger partial charge < -0.3 is 4.74 Å². The summed E-state index contributed by atoms with van der Waals surface area (Å²) in [6.07, 6.45) is 3.54.